The zero-order chi connectivity index (χ0) is 12.0. The fourth-order valence-corrected chi connectivity index (χ4v) is 2.01. The molecule has 1 aromatic rings. The third kappa shape index (κ3) is 1.82. The Kier molecular flexibility index (Phi) is 2.49. The predicted octanol–water partition coefficient (Wildman–Crippen LogP) is 3.28. The first-order chi connectivity index (χ1) is 7.33. The Bertz CT molecular complexity index is 405. The second-order valence-electron chi connectivity index (χ2n) is 4.59. The number of halogens is 3. The molecule has 1 fully saturated rings. The van der Waals surface area contributed by atoms with Crippen LogP contribution in [-0.4, -0.2) is 0 Å². The zero-order valence-electron chi connectivity index (χ0n) is 9.06. The molecule has 0 spiro atoms. The van der Waals surface area contributed by atoms with Crippen LogP contribution in [0.3, 0.4) is 0 Å². The van der Waals surface area contributed by atoms with Crippen LogP contribution in [0.1, 0.15) is 37.3 Å². The van der Waals surface area contributed by atoms with Gasteiger partial charge >= 0.3 is 0 Å². The summed E-state index contributed by atoms with van der Waals surface area (Å²) in [5.74, 6) is -3.45. The molecule has 16 heavy (non-hydrogen) atoms. The fourth-order valence-electron chi connectivity index (χ4n) is 2.01. The van der Waals surface area contributed by atoms with Crippen molar-refractivity contribution in [3.63, 3.8) is 0 Å². The van der Waals surface area contributed by atoms with Crippen LogP contribution in [0.5, 0.6) is 0 Å². The lowest BCUT2D eigenvalue weighted by atomic mass is 9.72. The number of benzene rings is 1. The maximum absolute atomic E-state index is 13.5. The highest BCUT2D eigenvalue weighted by molar-refractivity contribution is 5.34. The van der Waals surface area contributed by atoms with Crippen molar-refractivity contribution in [3.8, 4) is 0 Å². The number of rotatable bonds is 2. The van der Waals surface area contributed by atoms with Gasteiger partial charge in [-0.3, -0.25) is 0 Å². The molecule has 1 aliphatic carbocycles. The molecule has 2 N–H and O–H groups in total. The molecule has 0 bridgehead atoms. The van der Waals surface area contributed by atoms with Gasteiger partial charge in [-0.1, -0.05) is 6.07 Å². The van der Waals surface area contributed by atoms with Crippen LogP contribution < -0.4 is 5.73 Å². The maximum atomic E-state index is 13.5. The molecule has 0 aromatic heterocycles. The number of alkyl halides is 2. The summed E-state index contributed by atoms with van der Waals surface area (Å²) in [6, 6.07) is 3.39. The first-order valence-corrected chi connectivity index (χ1v) is 5.30. The molecule has 0 saturated heterocycles. The summed E-state index contributed by atoms with van der Waals surface area (Å²) in [6.45, 7) is 0.800. The van der Waals surface area contributed by atoms with Crippen molar-refractivity contribution in [2.45, 2.75) is 37.6 Å². The highest BCUT2D eigenvalue weighted by Gasteiger charge is 2.38. The van der Waals surface area contributed by atoms with E-state index in [2.05, 4.69) is 0 Å². The first kappa shape index (κ1) is 11.5. The molecule has 0 aliphatic heterocycles. The van der Waals surface area contributed by atoms with E-state index in [1.165, 1.54) is 6.07 Å². The third-order valence-corrected chi connectivity index (χ3v) is 3.26. The van der Waals surface area contributed by atoms with Crippen molar-refractivity contribution in [2.24, 2.45) is 5.73 Å². The van der Waals surface area contributed by atoms with Crippen molar-refractivity contribution in [1.82, 2.24) is 0 Å². The number of hydrogen-bond donors (Lipinski definition) is 1. The van der Waals surface area contributed by atoms with Crippen molar-refractivity contribution in [2.75, 3.05) is 0 Å². The van der Waals surface area contributed by atoms with Gasteiger partial charge in [-0.2, -0.15) is 0 Å². The van der Waals surface area contributed by atoms with Crippen LogP contribution in [-0.2, 0) is 11.5 Å². The number of nitrogens with two attached hydrogens (primary N) is 1. The van der Waals surface area contributed by atoms with Crippen molar-refractivity contribution in [1.29, 1.82) is 0 Å². The second kappa shape index (κ2) is 3.48. The minimum Gasteiger partial charge on any atom is -0.321 e. The lowest BCUT2D eigenvalue weighted by molar-refractivity contribution is 0.0171. The second-order valence-corrected chi connectivity index (χ2v) is 4.59. The van der Waals surface area contributed by atoms with E-state index in [-0.39, 0.29) is 11.1 Å². The summed E-state index contributed by atoms with van der Waals surface area (Å²) >= 11 is 0. The summed E-state index contributed by atoms with van der Waals surface area (Å²) in [4.78, 5) is 0. The third-order valence-electron chi connectivity index (χ3n) is 3.26. The van der Waals surface area contributed by atoms with Crippen molar-refractivity contribution in [3.05, 3.63) is 35.1 Å². The monoisotopic (exact) mass is 229 g/mol. The van der Waals surface area contributed by atoms with E-state index < -0.39 is 17.3 Å². The van der Waals surface area contributed by atoms with E-state index in [4.69, 9.17) is 5.73 Å². The van der Waals surface area contributed by atoms with Gasteiger partial charge in [0.15, 0.2) is 0 Å². The van der Waals surface area contributed by atoms with E-state index in [1.807, 2.05) is 0 Å². The Morgan fingerprint density at radius 2 is 1.94 bits per heavy atom. The van der Waals surface area contributed by atoms with Crippen LogP contribution in [0.4, 0.5) is 13.2 Å². The maximum Gasteiger partial charge on any atom is 0.270 e. The first-order valence-electron chi connectivity index (χ1n) is 5.30. The highest BCUT2D eigenvalue weighted by Crippen LogP contribution is 2.41. The largest absolute Gasteiger partial charge is 0.321 e. The predicted molar refractivity (Wildman–Crippen MR) is 55.7 cm³/mol. The molecule has 88 valence electrons. The molecule has 2 rings (SSSR count). The topological polar surface area (TPSA) is 26.0 Å². The Morgan fingerprint density at radius 1 is 1.31 bits per heavy atom. The molecule has 4 heteroatoms. The molecule has 0 amide bonds. The van der Waals surface area contributed by atoms with Gasteiger partial charge in [-0.15, -0.1) is 0 Å². The fraction of sp³-hybridized carbons (Fsp3) is 0.500. The Hall–Kier alpha value is -1.03. The van der Waals surface area contributed by atoms with Gasteiger partial charge in [-0.05, 0) is 31.4 Å². The molecule has 0 unspecified atom stereocenters. The molecular formula is C12H14F3N. The molecule has 1 aliphatic rings. The van der Waals surface area contributed by atoms with Gasteiger partial charge in [0.1, 0.15) is 5.82 Å². The van der Waals surface area contributed by atoms with E-state index in [1.54, 1.807) is 0 Å². The van der Waals surface area contributed by atoms with E-state index in [9.17, 15) is 13.2 Å². The van der Waals surface area contributed by atoms with E-state index >= 15 is 0 Å². The normalized spacial score (nSPS) is 19.3. The average Bonchev–Trinajstić information content (AvgIpc) is 2.13. The van der Waals surface area contributed by atoms with Crippen LogP contribution >= 0.6 is 0 Å². The minimum atomic E-state index is -2.96. The lowest BCUT2D eigenvalue weighted by Gasteiger charge is -2.39. The van der Waals surface area contributed by atoms with Gasteiger partial charge in [0.05, 0.1) is 0 Å². The van der Waals surface area contributed by atoms with Gasteiger partial charge in [0.25, 0.3) is 5.92 Å². The summed E-state index contributed by atoms with van der Waals surface area (Å²) in [6.07, 6.45) is 2.23. The molecule has 0 radical (unpaired) electrons. The van der Waals surface area contributed by atoms with Gasteiger partial charge in [0.2, 0.25) is 0 Å². The highest BCUT2D eigenvalue weighted by atomic mass is 19.3. The van der Waals surface area contributed by atoms with E-state index in [0.29, 0.717) is 12.8 Å². The van der Waals surface area contributed by atoms with Crippen LogP contribution in [0.15, 0.2) is 18.2 Å². The standard InChI is InChI=1S/C12H14F3N/c1-11(14,15)8-3-4-10(13)9(7-8)12(16)5-2-6-12/h3-4,7H,2,5-6,16H2,1H3. The summed E-state index contributed by atoms with van der Waals surface area (Å²) in [7, 11) is 0. The quantitative estimate of drug-likeness (QED) is 0.827. The van der Waals surface area contributed by atoms with Crippen molar-refractivity contribution < 1.29 is 13.2 Å². The van der Waals surface area contributed by atoms with Crippen LogP contribution in [0.25, 0.3) is 0 Å². The minimum absolute atomic E-state index is 0.180. The summed E-state index contributed by atoms with van der Waals surface area (Å²) in [5.41, 5.74) is 5.25. The van der Waals surface area contributed by atoms with Crippen LogP contribution in [0, 0.1) is 5.82 Å². The Labute approximate surface area is 92.5 Å². The summed E-state index contributed by atoms with van der Waals surface area (Å²) in [5, 5.41) is 0. The van der Waals surface area contributed by atoms with Gasteiger partial charge in [0, 0.05) is 23.6 Å². The Morgan fingerprint density at radius 3 is 2.38 bits per heavy atom. The average molecular weight is 229 g/mol. The number of hydrogen-bond acceptors (Lipinski definition) is 1. The van der Waals surface area contributed by atoms with Gasteiger partial charge < -0.3 is 5.73 Å². The Balaban J connectivity index is 2.45. The van der Waals surface area contributed by atoms with Crippen LogP contribution in [0.2, 0.25) is 0 Å². The SMILES string of the molecule is CC(F)(F)c1ccc(F)c(C2(N)CCC2)c1. The zero-order valence-corrected chi connectivity index (χ0v) is 9.06. The molecule has 0 heterocycles. The summed E-state index contributed by atoms with van der Waals surface area (Å²) < 4.78 is 39.8. The smallest absolute Gasteiger partial charge is 0.270 e. The molecule has 1 nitrogen and oxygen atoms in total. The lowest BCUT2D eigenvalue weighted by Crippen LogP contribution is -2.44. The van der Waals surface area contributed by atoms with Crippen molar-refractivity contribution >= 4 is 0 Å². The molecule has 1 saturated carbocycles. The van der Waals surface area contributed by atoms with Gasteiger partial charge in [-0.25, -0.2) is 13.2 Å². The molecule has 1 aromatic carbocycles. The molecule has 0 atom stereocenters. The van der Waals surface area contributed by atoms with E-state index in [0.717, 1.165) is 25.5 Å². The molecular weight excluding hydrogens is 215 g/mol.